The fourth-order valence-electron chi connectivity index (χ4n) is 3.27. The lowest BCUT2D eigenvalue weighted by molar-refractivity contribution is 0.680. The molecule has 4 nitrogen and oxygen atoms in total. The van der Waals surface area contributed by atoms with Gasteiger partial charge in [-0.15, -0.1) is 0 Å². The zero-order chi connectivity index (χ0) is 15.4. The van der Waals surface area contributed by atoms with Crippen LogP contribution in [0.4, 0.5) is 5.95 Å². The maximum absolute atomic E-state index is 4.75. The van der Waals surface area contributed by atoms with Crippen LogP contribution >= 0.6 is 0 Å². The lowest BCUT2D eigenvalue weighted by atomic mass is 10.0. The van der Waals surface area contributed by atoms with E-state index < -0.39 is 0 Å². The van der Waals surface area contributed by atoms with Crippen LogP contribution < -0.4 is 5.32 Å². The number of nitrogens with zero attached hydrogens (tertiary/aromatic N) is 3. The minimum Gasteiger partial charge on any atom is -0.346 e. The van der Waals surface area contributed by atoms with E-state index in [0.29, 0.717) is 5.92 Å². The summed E-state index contributed by atoms with van der Waals surface area (Å²) in [5, 5.41) is 3.46. The van der Waals surface area contributed by atoms with E-state index >= 15 is 0 Å². The van der Waals surface area contributed by atoms with Crippen LogP contribution in [0.2, 0.25) is 0 Å². The number of nitrogens with one attached hydrogen (secondary N) is 1. The Balaban J connectivity index is 1.79. The monoisotopic (exact) mass is 296 g/mol. The highest BCUT2D eigenvalue weighted by molar-refractivity contribution is 5.33. The third-order valence-electron chi connectivity index (χ3n) is 4.54. The molecule has 1 saturated carbocycles. The van der Waals surface area contributed by atoms with Crippen LogP contribution in [0, 0.1) is 6.92 Å². The molecule has 22 heavy (non-hydrogen) atoms. The number of rotatable bonds is 5. The molecule has 1 aliphatic carbocycles. The van der Waals surface area contributed by atoms with E-state index in [4.69, 9.17) is 4.98 Å². The Morgan fingerprint density at radius 2 is 2.00 bits per heavy atom. The number of pyridine rings is 1. The van der Waals surface area contributed by atoms with Gasteiger partial charge in [-0.2, -0.15) is 0 Å². The summed E-state index contributed by atoms with van der Waals surface area (Å²) in [6.07, 6.45) is 9.84. The predicted octanol–water partition coefficient (Wildman–Crippen LogP) is 4.40. The van der Waals surface area contributed by atoms with Gasteiger partial charge >= 0.3 is 0 Å². The van der Waals surface area contributed by atoms with E-state index in [1.807, 2.05) is 18.5 Å². The molecule has 1 atom stereocenters. The maximum Gasteiger partial charge on any atom is 0.223 e. The molecule has 0 aromatic carbocycles. The normalized spacial score (nSPS) is 16.6. The molecule has 1 N–H and O–H groups in total. The highest BCUT2D eigenvalue weighted by Crippen LogP contribution is 2.33. The van der Waals surface area contributed by atoms with Crippen molar-refractivity contribution in [1.82, 2.24) is 15.0 Å². The van der Waals surface area contributed by atoms with Crippen molar-refractivity contribution >= 4 is 5.95 Å². The number of anilines is 1. The average molecular weight is 296 g/mol. The van der Waals surface area contributed by atoms with Gasteiger partial charge in [0.25, 0.3) is 0 Å². The summed E-state index contributed by atoms with van der Waals surface area (Å²) < 4.78 is 0. The predicted molar refractivity (Wildman–Crippen MR) is 88.9 cm³/mol. The summed E-state index contributed by atoms with van der Waals surface area (Å²) in [6.45, 7) is 4.26. The first-order valence-electron chi connectivity index (χ1n) is 8.29. The van der Waals surface area contributed by atoms with Crippen molar-refractivity contribution < 1.29 is 0 Å². The lowest BCUT2D eigenvalue weighted by Gasteiger charge is -2.19. The number of hydrogen-bond acceptors (Lipinski definition) is 4. The smallest absolute Gasteiger partial charge is 0.223 e. The van der Waals surface area contributed by atoms with E-state index in [1.165, 1.54) is 36.9 Å². The second-order valence-corrected chi connectivity index (χ2v) is 6.10. The van der Waals surface area contributed by atoms with Crippen LogP contribution in [0.15, 0.2) is 30.6 Å². The topological polar surface area (TPSA) is 50.7 Å². The third-order valence-corrected chi connectivity index (χ3v) is 4.54. The van der Waals surface area contributed by atoms with Crippen molar-refractivity contribution in [3.8, 4) is 0 Å². The van der Waals surface area contributed by atoms with Gasteiger partial charge in [0.15, 0.2) is 0 Å². The second kappa shape index (κ2) is 6.86. The van der Waals surface area contributed by atoms with Crippen molar-refractivity contribution in [3.63, 3.8) is 0 Å². The quantitative estimate of drug-likeness (QED) is 0.888. The molecule has 0 aliphatic heterocycles. The Kier molecular flexibility index (Phi) is 4.66. The molecule has 0 radical (unpaired) electrons. The standard InChI is InChI=1S/C18H24N4/c1-3-15(17-13(2)7-6-11-19-17)21-18-20-12-10-16(22-18)14-8-4-5-9-14/h6-7,10-12,14-15H,3-5,8-9H2,1-2H3,(H,20,21,22). The molecule has 1 aliphatic rings. The van der Waals surface area contributed by atoms with E-state index in [-0.39, 0.29) is 6.04 Å². The average Bonchev–Trinajstić information content (AvgIpc) is 3.08. The largest absolute Gasteiger partial charge is 0.346 e. The number of aromatic nitrogens is 3. The van der Waals surface area contributed by atoms with Crippen LogP contribution in [0.1, 0.15) is 67.9 Å². The fraction of sp³-hybridized carbons (Fsp3) is 0.500. The highest BCUT2D eigenvalue weighted by atomic mass is 15.1. The van der Waals surface area contributed by atoms with Crippen molar-refractivity contribution in [2.24, 2.45) is 0 Å². The number of hydrogen-bond donors (Lipinski definition) is 1. The van der Waals surface area contributed by atoms with E-state index in [2.05, 4.69) is 41.3 Å². The third kappa shape index (κ3) is 3.26. The highest BCUT2D eigenvalue weighted by Gasteiger charge is 2.20. The lowest BCUT2D eigenvalue weighted by Crippen LogP contribution is -2.15. The van der Waals surface area contributed by atoms with E-state index in [1.54, 1.807) is 0 Å². The minimum absolute atomic E-state index is 0.153. The van der Waals surface area contributed by atoms with E-state index in [9.17, 15) is 0 Å². The van der Waals surface area contributed by atoms with Gasteiger partial charge in [-0.1, -0.05) is 25.8 Å². The summed E-state index contributed by atoms with van der Waals surface area (Å²) >= 11 is 0. The van der Waals surface area contributed by atoms with Crippen LogP contribution in [0.3, 0.4) is 0 Å². The zero-order valence-corrected chi connectivity index (χ0v) is 13.4. The van der Waals surface area contributed by atoms with Gasteiger partial charge in [0.2, 0.25) is 5.95 Å². The van der Waals surface area contributed by atoms with Gasteiger partial charge in [-0.25, -0.2) is 9.97 Å². The van der Waals surface area contributed by atoms with Crippen molar-refractivity contribution in [1.29, 1.82) is 0 Å². The summed E-state index contributed by atoms with van der Waals surface area (Å²) in [5.41, 5.74) is 3.47. The van der Waals surface area contributed by atoms with Crippen molar-refractivity contribution in [2.45, 2.75) is 57.9 Å². The van der Waals surface area contributed by atoms with Crippen LogP contribution in [-0.4, -0.2) is 15.0 Å². The van der Waals surface area contributed by atoms with Gasteiger partial charge < -0.3 is 5.32 Å². The Labute approximate surface area is 132 Å². The Bertz CT molecular complexity index is 620. The van der Waals surface area contributed by atoms with Crippen LogP contribution in [-0.2, 0) is 0 Å². The Morgan fingerprint density at radius 3 is 2.73 bits per heavy atom. The summed E-state index contributed by atoms with van der Waals surface area (Å²) in [7, 11) is 0. The minimum atomic E-state index is 0.153. The molecule has 0 saturated heterocycles. The Hall–Kier alpha value is -1.97. The first kappa shape index (κ1) is 14.9. The Morgan fingerprint density at radius 1 is 1.18 bits per heavy atom. The molecule has 3 rings (SSSR count). The summed E-state index contributed by atoms with van der Waals surface area (Å²) in [6, 6.07) is 6.29. The number of aryl methyl sites for hydroxylation is 1. The van der Waals surface area contributed by atoms with Crippen molar-refractivity contribution in [2.75, 3.05) is 5.32 Å². The molecule has 0 bridgehead atoms. The van der Waals surface area contributed by atoms with Gasteiger partial charge in [0.1, 0.15) is 0 Å². The molecule has 2 heterocycles. The van der Waals surface area contributed by atoms with Crippen LogP contribution in [0.5, 0.6) is 0 Å². The van der Waals surface area contributed by atoms with Gasteiger partial charge in [-0.05, 0) is 43.9 Å². The van der Waals surface area contributed by atoms with Gasteiger partial charge in [0.05, 0.1) is 11.7 Å². The summed E-state index contributed by atoms with van der Waals surface area (Å²) in [4.78, 5) is 13.7. The molecule has 4 heteroatoms. The first-order chi connectivity index (χ1) is 10.8. The molecule has 1 fully saturated rings. The SMILES string of the molecule is CCC(Nc1nccc(C2CCCC2)n1)c1ncccc1C. The molecule has 2 aromatic rings. The molecular weight excluding hydrogens is 272 g/mol. The zero-order valence-electron chi connectivity index (χ0n) is 13.4. The summed E-state index contributed by atoms with van der Waals surface area (Å²) in [5.74, 6) is 1.33. The first-order valence-corrected chi connectivity index (χ1v) is 8.29. The molecule has 0 amide bonds. The van der Waals surface area contributed by atoms with Gasteiger partial charge in [-0.3, -0.25) is 4.98 Å². The maximum atomic E-state index is 4.75. The van der Waals surface area contributed by atoms with E-state index in [0.717, 1.165) is 18.1 Å². The van der Waals surface area contributed by atoms with Crippen LogP contribution in [0.25, 0.3) is 0 Å². The molecule has 0 spiro atoms. The molecule has 1 unspecified atom stereocenters. The van der Waals surface area contributed by atoms with Gasteiger partial charge in [0, 0.05) is 24.0 Å². The molecule has 116 valence electrons. The van der Waals surface area contributed by atoms with Crippen molar-refractivity contribution in [3.05, 3.63) is 47.5 Å². The fourth-order valence-corrected chi connectivity index (χ4v) is 3.27. The second-order valence-electron chi connectivity index (χ2n) is 6.10. The molecule has 2 aromatic heterocycles. The molecular formula is C18H24N4.